The number of nitrogens with one attached hydrogen (secondary N) is 1. The van der Waals surface area contributed by atoms with Gasteiger partial charge in [-0.05, 0) is 57.6 Å². The molecule has 1 aliphatic rings. The summed E-state index contributed by atoms with van der Waals surface area (Å²) in [6.07, 6.45) is 3.71. The Morgan fingerprint density at radius 1 is 1.19 bits per heavy atom. The molecule has 0 atom stereocenters. The lowest BCUT2D eigenvalue weighted by molar-refractivity contribution is 0.322. The van der Waals surface area contributed by atoms with Gasteiger partial charge < -0.3 is 14.8 Å². The fraction of sp³-hybridized carbons (Fsp3) is 0.588. The Morgan fingerprint density at radius 2 is 2.00 bits per heavy atom. The fourth-order valence-corrected chi connectivity index (χ4v) is 3.21. The molecule has 0 amide bonds. The fourth-order valence-electron chi connectivity index (χ4n) is 3.21. The van der Waals surface area contributed by atoms with Gasteiger partial charge in [-0.3, -0.25) is 0 Å². The second kappa shape index (κ2) is 6.58. The number of benzene rings is 1. The molecule has 2 heterocycles. The Balaban J connectivity index is 1.84. The molecule has 3 rings (SSSR count). The molecule has 21 heavy (non-hydrogen) atoms. The van der Waals surface area contributed by atoms with Crippen LogP contribution >= 0.6 is 0 Å². The van der Waals surface area contributed by atoms with Gasteiger partial charge in [0, 0.05) is 26.1 Å². The van der Waals surface area contributed by atoms with E-state index < -0.39 is 0 Å². The molecule has 1 aliphatic heterocycles. The number of nitrogens with zero attached hydrogens (tertiary/aromatic N) is 3. The molecule has 0 bridgehead atoms. The van der Waals surface area contributed by atoms with Crippen LogP contribution in [0.3, 0.4) is 0 Å². The molecule has 0 spiro atoms. The third kappa shape index (κ3) is 3.27. The number of hydrogen-bond acceptors (Lipinski definition) is 3. The molecule has 4 heteroatoms. The van der Waals surface area contributed by atoms with Crippen molar-refractivity contribution in [3.05, 3.63) is 29.6 Å². The molecule has 0 aliphatic carbocycles. The molecular formula is C17H26N4. The highest BCUT2D eigenvalue weighted by Crippen LogP contribution is 2.19. The second-order valence-corrected chi connectivity index (χ2v) is 6.07. The van der Waals surface area contributed by atoms with E-state index in [1.165, 1.54) is 42.8 Å². The number of likely N-dealkylation sites (tertiary alicyclic amines) is 1. The number of imidazole rings is 1. The van der Waals surface area contributed by atoms with Crippen molar-refractivity contribution in [2.24, 2.45) is 0 Å². The number of aromatic nitrogens is 2. The molecular weight excluding hydrogens is 260 g/mol. The second-order valence-electron chi connectivity index (χ2n) is 6.07. The van der Waals surface area contributed by atoms with E-state index in [4.69, 9.17) is 4.98 Å². The lowest BCUT2D eigenvalue weighted by Crippen LogP contribution is -2.25. The van der Waals surface area contributed by atoms with Crippen molar-refractivity contribution < 1.29 is 0 Å². The van der Waals surface area contributed by atoms with Crippen LogP contribution < -0.4 is 5.32 Å². The van der Waals surface area contributed by atoms with Crippen LogP contribution in [0.25, 0.3) is 11.0 Å². The average Bonchev–Trinajstić information content (AvgIpc) is 3.09. The number of hydrogen-bond donors (Lipinski definition) is 1. The van der Waals surface area contributed by atoms with E-state index in [9.17, 15) is 0 Å². The van der Waals surface area contributed by atoms with Crippen LogP contribution in [0.5, 0.6) is 0 Å². The van der Waals surface area contributed by atoms with E-state index in [0.717, 1.165) is 31.6 Å². The summed E-state index contributed by atoms with van der Waals surface area (Å²) in [7, 11) is 2.00. The molecule has 0 radical (unpaired) electrons. The van der Waals surface area contributed by atoms with Crippen LogP contribution in [0.1, 0.15) is 24.2 Å². The largest absolute Gasteiger partial charge is 0.327 e. The Hall–Kier alpha value is -1.39. The molecule has 1 aromatic heterocycles. The standard InChI is InChI=1S/C17H26N4/c1-14-5-6-16-15(13-14)19-17(7-8-18-2)21(16)12-11-20-9-3-4-10-20/h5-6,13,18H,3-4,7-12H2,1-2H3. The summed E-state index contributed by atoms with van der Waals surface area (Å²) in [6, 6.07) is 6.62. The van der Waals surface area contributed by atoms with Crippen molar-refractivity contribution in [1.82, 2.24) is 19.8 Å². The lowest BCUT2D eigenvalue weighted by atomic mass is 10.2. The summed E-state index contributed by atoms with van der Waals surface area (Å²) in [5.41, 5.74) is 3.71. The number of rotatable bonds is 6. The van der Waals surface area contributed by atoms with Crippen LogP contribution in [-0.4, -0.2) is 47.7 Å². The zero-order valence-corrected chi connectivity index (χ0v) is 13.2. The van der Waals surface area contributed by atoms with Gasteiger partial charge in [0.1, 0.15) is 5.82 Å². The zero-order valence-electron chi connectivity index (χ0n) is 13.2. The first-order chi connectivity index (χ1) is 10.3. The highest BCUT2D eigenvalue weighted by molar-refractivity contribution is 5.76. The topological polar surface area (TPSA) is 33.1 Å². The van der Waals surface area contributed by atoms with Gasteiger partial charge in [-0.15, -0.1) is 0 Å². The van der Waals surface area contributed by atoms with Gasteiger partial charge in [0.2, 0.25) is 0 Å². The Labute approximate surface area is 127 Å². The lowest BCUT2D eigenvalue weighted by Gasteiger charge is -2.16. The van der Waals surface area contributed by atoms with Gasteiger partial charge in [0.15, 0.2) is 0 Å². The zero-order chi connectivity index (χ0) is 14.7. The first kappa shape index (κ1) is 14.5. The van der Waals surface area contributed by atoms with E-state index in [-0.39, 0.29) is 0 Å². The van der Waals surface area contributed by atoms with Crippen molar-refractivity contribution in [2.75, 3.05) is 33.2 Å². The Kier molecular flexibility index (Phi) is 4.56. The molecule has 0 saturated carbocycles. The van der Waals surface area contributed by atoms with Crippen LogP contribution in [0.15, 0.2) is 18.2 Å². The minimum atomic E-state index is 0.978. The van der Waals surface area contributed by atoms with E-state index in [0.29, 0.717) is 0 Å². The quantitative estimate of drug-likeness (QED) is 0.884. The molecule has 0 unspecified atom stereocenters. The van der Waals surface area contributed by atoms with Gasteiger partial charge in [0.05, 0.1) is 11.0 Å². The third-order valence-corrected chi connectivity index (χ3v) is 4.42. The maximum absolute atomic E-state index is 4.86. The maximum atomic E-state index is 4.86. The molecule has 1 N–H and O–H groups in total. The van der Waals surface area contributed by atoms with Crippen molar-refractivity contribution in [2.45, 2.75) is 32.7 Å². The number of fused-ring (bicyclic) bond motifs is 1. The van der Waals surface area contributed by atoms with Crippen LogP contribution in [0.4, 0.5) is 0 Å². The van der Waals surface area contributed by atoms with E-state index in [1.54, 1.807) is 0 Å². The summed E-state index contributed by atoms with van der Waals surface area (Å²) < 4.78 is 2.42. The van der Waals surface area contributed by atoms with E-state index in [1.807, 2.05) is 7.05 Å². The first-order valence-electron chi connectivity index (χ1n) is 8.10. The van der Waals surface area contributed by atoms with Crippen molar-refractivity contribution >= 4 is 11.0 Å². The third-order valence-electron chi connectivity index (χ3n) is 4.42. The van der Waals surface area contributed by atoms with Gasteiger partial charge in [-0.1, -0.05) is 6.07 Å². The van der Waals surface area contributed by atoms with Gasteiger partial charge in [-0.2, -0.15) is 0 Å². The highest BCUT2D eigenvalue weighted by atomic mass is 15.2. The molecule has 4 nitrogen and oxygen atoms in total. The molecule has 1 fully saturated rings. The van der Waals surface area contributed by atoms with Crippen molar-refractivity contribution in [3.8, 4) is 0 Å². The maximum Gasteiger partial charge on any atom is 0.111 e. The summed E-state index contributed by atoms with van der Waals surface area (Å²) >= 11 is 0. The first-order valence-corrected chi connectivity index (χ1v) is 8.10. The average molecular weight is 286 g/mol. The number of aryl methyl sites for hydroxylation is 1. The SMILES string of the molecule is CNCCc1nc2cc(C)ccc2n1CCN1CCCC1. The van der Waals surface area contributed by atoms with E-state index in [2.05, 4.69) is 39.9 Å². The predicted molar refractivity (Wildman–Crippen MR) is 87.8 cm³/mol. The molecule has 114 valence electrons. The number of likely N-dealkylation sites (N-methyl/N-ethyl adjacent to an activating group) is 1. The van der Waals surface area contributed by atoms with Gasteiger partial charge in [0.25, 0.3) is 0 Å². The van der Waals surface area contributed by atoms with Crippen molar-refractivity contribution in [1.29, 1.82) is 0 Å². The van der Waals surface area contributed by atoms with Gasteiger partial charge >= 0.3 is 0 Å². The summed E-state index contributed by atoms with van der Waals surface area (Å²) in [5.74, 6) is 1.21. The molecule has 2 aromatic rings. The normalized spacial score (nSPS) is 16.1. The van der Waals surface area contributed by atoms with Gasteiger partial charge in [-0.25, -0.2) is 4.98 Å². The van der Waals surface area contributed by atoms with E-state index >= 15 is 0 Å². The Morgan fingerprint density at radius 3 is 2.76 bits per heavy atom. The smallest absolute Gasteiger partial charge is 0.111 e. The molecule has 1 aromatic carbocycles. The minimum absolute atomic E-state index is 0.978. The van der Waals surface area contributed by atoms with Crippen LogP contribution in [0.2, 0.25) is 0 Å². The van der Waals surface area contributed by atoms with Crippen LogP contribution in [0, 0.1) is 6.92 Å². The predicted octanol–water partition coefficient (Wildman–Crippen LogP) is 2.20. The highest BCUT2D eigenvalue weighted by Gasteiger charge is 2.14. The minimum Gasteiger partial charge on any atom is -0.327 e. The monoisotopic (exact) mass is 286 g/mol. The molecule has 1 saturated heterocycles. The summed E-state index contributed by atoms with van der Waals surface area (Å²) in [6.45, 7) is 7.83. The summed E-state index contributed by atoms with van der Waals surface area (Å²) in [5, 5.41) is 3.23. The van der Waals surface area contributed by atoms with Crippen LogP contribution in [-0.2, 0) is 13.0 Å². The summed E-state index contributed by atoms with van der Waals surface area (Å²) in [4.78, 5) is 7.43. The Bertz CT molecular complexity index is 596. The van der Waals surface area contributed by atoms with Crippen molar-refractivity contribution in [3.63, 3.8) is 0 Å².